The lowest BCUT2D eigenvalue weighted by atomic mass is 10.1. The van der Waals surface area contributed by atoms with Crippen LogP contribution < -0.4 is 0 Å². The van der Waals surface area contributed by atoms with E-state index in [0.717, 1.165) is 29.2 Å². The summed E-state index contributed by atoms with van der Waals surface area (Å²) in [5.74, 6) is 0.911. The van der Waals surface area contributed by atoms with E-state index in [2.05, 4.69) is 29.0 Å². The van der Waals surface area contributed by atoms with Crippen molar-refractivity contribution in [2.75, 3.05) is 0 Å². The molecular formula is C13H14N2. The van der Waals surface area contributed by atoms with Gasteiger partial charge in [-0.2, -0.15) is 0 Å². The Bertz CT molecular complexity index is 449. The molecule has 2 heteroatoms. The van der Waals surface area contributed by atoms with E-state index < -0.39 is 0 Å². The molecule has 0 radical (unpaired) electrons. The van der Waals surface area contributed by atoms with Crippen LogP contribution in [0.4, 0.5) is 0 Å². The van der Waals surface area contributed by atoms with Crippen LogP contribution in [0.15, 0.2) is 36.4 Å². The zero-order valence-corrected chi connectivity index (χ0v) is 9.07. The third kappa shape index (κ3) is 2.21. The SMILES string of the molecule is CCc1nc(C)cc(-c2ccccc2)n1. The summed E-state index contributed by atoms with van der Waals surface area (Å²) in [6.07, 6.45) is 0.877. The Morgan fingerprint density at radius 3 is 2.47 bits per heavy atom. The number of aromatic nitrogens is 2. The molecule has 0 amide bonds. The van der Waals surface area contributed by atoms with Gasteiger partial charge in [0.2, 0.25) is 0 Å². The summed E-state index contributed by atoms with van der Waals surface area (Å²) >= 11 is 0. The molecule has 0 unspecified atom stereocenters. The van der Waals surface area contributed by atoms with Crippen LogP contribution in [0.5, 0.6) is 0 Å². The lowest BCUT2D eigenvalue weighted by Gasteiger charge is -2.04. The molecule has 0 aliphatic rings. The second kappa shape index (κ2) is 4.22. The maximum atomic E-state index is 4.51. The first-order valence-corrected chi connectivity index (χ1v) is 5.19. The predicted octanol–water partition coefficient (Wildman–Crippen LogP) is 3.01. The van der Waals surface area contributed by atoms with Crippen LogP contribution in [0, 0.1) is 6.92 Å². The fraction of sp³-hybridized carbons (Fsp3) is 0.231. The van der Waals surface area contributed by atoms with Crippen molar-refractivity contribution in [3.63, 3.8) is 0 Å². The van der Waals surface area contributed by atoms with E-state index in [1.807, 2.05) is 31.2 Å². The summed E-state index contributed by atoms with van der Waals surface area (Å²) < 4.78 is 0. The van der Waals surface area contributed by atoms with Gasteiger partial charge in [-0.1, -0.05) is 37.3 Å². The average molecular weight is 198 g/mol. The van der Waals surface area contributed by atoms with Gasteiger partial charge in [-0.3, -0.25) is 0 Å². The molecule has 2 nitrogen and oxygen atoms in total. The molecule has 76 valence electrons. The molecule has 0 spiro atoms. The molecule has 0 bridgehead atoms. The number of rotatable bonds is 2. The van der Waals surface area contributed by atoms with Crippen molar-refractivity contribution in [1.82, 2.24) is 9.97 Å². The summed E-state index contributed by atoms with van der Waals surface area (Å²) in [5.41, 5.74) is 3.19. The summed E-state index contributed by atoms with van der Waals surface area (Å²) in [4.78, 5) is 8.88. The lowest BCUT2D eigenvalue weighted by Crippen LogP contribution is -1.97. The monoisotopic (exact) mass is 198 g/mol. The van der Waals surface area contributed by atoms with Gasteiger partial charge in [0, 0.05) is 17.7 Å². The first kappa shape index (κ1) is 9.84. The number of benzene rings is 1. The van der Waals surface area contributed by atoms with Crippen molar-refractivity contribution in [1.29, 1.82) is 0 Å². The molecule has 1 aromatic carbocycles. The maximum Gasteiger partial charge on any atom is 0.128 e. The minimum absolute atomic E-state index is 0.877. The summed E-state index contributed by atoms with van der Waals surface area (Å²) in [6, 6.07) is 12.2. The van der Waals surface area contributed by atoms with E-state index >= 15 is 0 Å². The largest absolute Gasteiger partial charge is 0.238 e. The van der Waals surface area contributed by atoms with Crippen molar-refractivity contribution in [2.45, 2.75) is 20.3 Å². The van der Waals surface area contributed by atoms with Crippen molar-refractivity contribution < 1.29 is 0 Å². The Hall–Kier alpha value is -1.70. The van der Waals surface area contributed by atoms with E-state index in [0.29, 0.717) is 0 Å². The first-order valence-electron chi connectivity index (χ1n) is 5.19. The van der Waals surface area contributed by atoms with Crippen molar-refractivity contribution >= 4 is 0 Å². The Labute approximate surface area is 90.0 Å². The Balaban J connectivity index is 2.49. The van der Waals surface area contributed by atoms with Gasteiger partial charge in [-0.05, 0) is 13.0 Å². The van der Waals surface area contributed by atoms with Crippen molar-refractivity contribution in [3.8, 4) is 11.3 Å². The van der Waals surface area contributed by atoms with Gasteiger partial charge >= 0.3 is 0 Å². The van der Waals surface area contributed by atoms with Crippen LogP contribution in [0.25, 0.3) is 11.3 Å². The van der Waals surface area contributed by atoms with Gasteiger partial charge in [0.15, 0.2) is 0 Å². The van der Waals surface area contributed by atoms with Crippen LogP contribution in [0.3, 0.4) is 0 Å². The van der Waals surface area contributed by atoms with E-state index in [9.17, 15) is 0 Å². The topological polar surface area (TPSA) is 25.8 Å². The molecule has 2 rings (SSSR count). The van der Waals surface area contributed by atoms with E-state index in [1.165, 1.54) is 0 Å². The molecule has 1 aromatic heterocycles. The second-order valence-electron chi connectivity index (χ2n) is 3.53. The molecular weight excluding hydrogens is 184 g/mol. The van der Waals surface area contributed by atoms with Crippen molar-refractivity contribution in [2.24, 2.45) is 0 Å². The van der Waals surface area contributed by atoms with Gasteiger partial charge in [-0.25, -0.2) is 9.97 Å². The Morgan fingerprint density at radius 1 is 1.07 bits per heavy atom. The first-order chi connectivity index (χ1) is 7.29. The Kier molecular flexibility index (Phi) is 2.77. The number of hydrogen-bond donors (Lipinski definition) is 0. The Morgan fingerprint density at radius 2 is 1.80 bits per heavy atom. The predicted molar refractivity (Wildman–Crippen MR) is 61.6 cm³/mol. The smallest absolute Gasteiger partial charge is 0.128 e. The van der Waals surface area contributed by atoms with Gasteiger partial charge in [0.25, 0.3) is 0 Å². The zero-order valence-electron chi connectivity index (χ0n) is 9.07. The van der Waals surface area contributed by atoms with Gasteiger partial charge in [0.1, 0.15) is 5.82 Å². The second-order valence-corrected chi connectivity index (χ2v) is 3.53. The quantitative estimate of drug-likeness (QED) is 0.741. The molecule has 0 fully saturated rings. The summed E-state index contributed by atoms with van der Waals surface area (Å²) in [5, 5.41) is 0. The molecule has 0 atom stereocenters. The molecule has 2 aromatic rings. The van der Waals surface area contributed by atoms with Crippen LogP contribution in [-0.2, 0) is 6.42 Å². The fourth-order valence-electron chi connectivity index (χ4n) is 1.54. The highest BCUT2D eigenvalue weighted by atomic mass is 14.9. The minimum atomic E-state index is 0.877. The van der Waals surface area contributed by atoms with Crippen LogP contribution in [-0.4, -0.2) is 9.97 Å². The summed E-state index contributed by atoms with van der Waals surface area (Å²) in [6.45, 7) is 4.08. The average Bonchev–Trinajstić information content (AvgIpc) is 2.29. The molecule has 1 heterocycles. The highest BCUT2D eigenvalue weighted by Gasteiger charge is 2.02. The number of hydrogen-bond acceptors (Lipinski definition) is 2. The van der Waals surface area contributed by atoms with Gasteiger partial charge in [-0.15, -0.1) is 0 Å². The van der Waals surface area contributed by atoms with Gasteiger partial charge < -0.3 is 0 Å². The van der Waals surface area contributed by atoms with Crippen LogP contribution in [0.1, 0.15) is 18.4 Å². The molecule has 0 saturated carbocycles. The van der Waals surface area contributed by atoms with E-state index in [4.69, 9.17) is 0 Å². The normalized spacial score (nSPS) is 10.3. The maximum absolute atomic E-state index is 4.51. The molecule has 0 aliphatic carbocycles. The van der Waals surface area contributed by atoms with Crippen LogP contribution >= 0.6 is 0 Å². The molecule has 15 heavy (non-hydrogen) atoms. The highest BCUT2D eigenvalue weighted by Crippen LogP contribution is 2.17. The zero-order chi connectivity index (χ0) is 10.7. The molecule has 0 saturated heterocycles. The molecule has 0 N–H and O–H groups in total. The highest BCUT2D eigenvalue weighted by molar-refractivity contribution is 5.58. The van der Waals surface area contributed by atoms with E-state index in [-0.39, 0.29) is 0 Å². The van der Waals surface area contributed by atoms with Gasteiger partial charge in [0.05, 0.1) is 5.69 Å². The minimum Gasteiger partial charge on any atom is -0.238 e. The standard InChI is InChI=1S/C13H14N2/c1-3-13-14-10(2)9-12(15-13)11-7-5-4-6-8-11/h4-9H,3H2,1-2H3. The lowest BCUT2D eigenvalue weighted by molar-refractivity contribution is 0.921. The van der Waals surface area contributed by atoms with E-state index in [1.54, 1.807) is 0 Å². The fourth-order valence-corrected chi connectivity index (χ4v) is 1.54. The number of nitrogens with zero attached hydrogens (tertiary/aromatic N) is 2. The molecule has 0 aliphatic heterocycles. The third-order valence-corrected chi connectivity index (χ3v) is 2.29. The number of aryl methyl sites for hydroxylation is 2. The van der Waals surface area contributed by atoms with Crippen LogP contribution in [0.2, 0.25) is 0 Å². The third-order valence-electron chi connectivity index (χ3n) is 2.29. The van der Waals surface area contributed by atoms with Crippen molar-refractivity contribution in [3.05, 3.63) is 47.9 Å². The summed E-state index contributed by atoms with van der Waals surface area (Å²) in [7, 11) is 0.